The molecule has 0 spiro atoms. The highest BCUT2D eigenvalue weighted by molar-refractivity contribution is 8.01. The standard InChI is InChI=1S/C21H25NO2S2/c1-10-14-6-7-15-16-17(15)20(16)26-9-13(8-25-19(10)14)18(23)11-2-4-12(5-3-11)21(22)24/h2-5,10,13-17,19-20H,6-9H2,1H3,(H2,22,24)/t10-,13?,14+,15?,16+,17?,19?,20?/m1/s1. The van der Waals surface area contributed by atoms with Gasteiger partial charge in [-0.1, -0.05) is 19.1 Å². The molecular formula is C21H25NO2S2. The minimum atomic E-state index is -0.447. The number of amides is 1. The van der Waals surface area contributed by atoms with Crippen molar-refractivity contribution >= 4 is 35.2 Å². The predicted octanol–water partition coefficient (Wildman–Crippen LogP) is 3.72. The van der Waals surface area contributed by atoms with Gasteiger partial charge in [0.15, 0.2) is 5.78 Å². The SMILES string of the molecule is C[C@H]1C2SCC(C(=O)c3ccc(C(N)=O)cc3)CSC3C4C(CC[C@H]21)[C@H]34. The number of fused-ring (bicyclic) bond motifs is 5. The van der Waals surface area contributed by atoms with Crippen LogP contribution in [0.1, 0.15) is 40.5 Å². The highest BCUT2D eigenvalue weighted by Crippen LogP contribution is 2.75. The molecule has 1 aromatic rings. The third-order valence-electron chi connectivity index (χ3n) is 7.02. The highest BCUT2D eigenvalue weighted by atomic mass is 32.2. The smallest absolute Gasteiger partial charge is 0.248 e. The number of rotatable bonds is 3. The van der Waals surface area contributed by atoms with Crippen LogP contribution in [0.25, 0.3) is 0 Å². The van der Waals surface area contributed by atoms with Crippen molar-refractivity contribution in [2.45, 2.75) is 30.3 Å². The lowest BCUT2D eigenvalue weighted by Crippen LogP contribution is -2.22. The number of Topliss-reactive ketones (excluding diaryl/α,β-unsaturated/α-hetero) is 1. The first kappa shape index (κ1) is 17.2. The van der Waals surface area contributed by atoms with Gasteiger partial charge in [-0.2, -0.15) is 23.5 Å². The van der Waals surface area contributed by atoms with E-state index in [1.807, 2.05) is 23.5 Å². The van der Waals surface area contributed by atoms with Crippen LogP contribution in [0.15, 0.2) is 24.3 Å². The summed E-state index contributed by atoms with van der Waals surface area (Å²) < 4.78 is 0. The minimum absolute atomic E-state index is 0.0794. The summed E-state index contributed by atoms with van der Waals surface area (Å²) in [7, 11) is 0. The summed E-state index contributed by atoms with van der Waals surface area (Å²) in [6.45, 7) is 2.38. The van der Waals surface area contributed by atoms with Gasteiger partial charge in [0.1, 0.15) is 0 Å². The van der Waals surface area contributed by atoms with Crippen LogP contribution in [0.2, 0.25) is 0 Å². The van der Waals surface area contributed by atoms with E-state index in [2.05, 4.69) is 6.92 Å². The summed E-state index contributed by atoms with van der Waals surface area (Å²) in [6, 6.07) is 6.87. The molecule has 138 valence electrons. The summed E-state index contributed by atoms with van der Waals surface area (Å²) in [5.41, 5.74) is 6.48. The van der Waals surface area contributed by atoms with Crippen molar-refractivity contribution in [3.63, 3.8) is 0 Å². The monoisotopic (exact) mass is 387 g/mol. The first-order valence-electron chi connectivity index (χ1n) is 9.73. The fourth-order valence-corrected chi connectivity index (χ4v) is 8.75. The minimum Gasteiger partial charge on any atom is -0.366 e. The van der Waals surface area contributed by atoms with Crippen molar-refractivity contribution in [3.05, 3.63) is 35.4 Å². The van der Waals surface area contributed by atoms with Gasteiger partial charge in [-0.25, -0.2) is 0 Å². The molecule has 2 aliphatic heterocycles. The average Bonchev–Trinajstić information content (AvgIpc) is 3.56. The number of hydrogen-bond acceptors (Lipinski definition) is 4. The number of carbonyl (C=O) groups is 2. The van der Waals surface area contributed by atoms with E-state index in [4.69, 9.17) is 5.73 Å². The van der Waals surface area contributed by atoms with Crippen molar-refractivity contribution in [2.24, 2.45) is 41.2 Å². The summed E-state index contributed by atoms with van der Waals surface area (Å²) in [5.74, 6) is 6.42. The molecule has 5 unspecified atom stereocenters. The van der Waals surface area contributed by atoms with Crippen molar-refractivity contribution in [1.82, 2.24) is 0 Å². The molecule has 2 bridgehead atoms. The normalized spacial score (nSPS) is 43.1. The molecule has 0 radical (unpaired) electrons. The molecule has 3 nitrogen and oxygen atoms in total. The Morgan fingerprint density at radius 3 is 2.15 bits per heavy atom. The van der Waals surface area contributed by atoms with Gasteiger partial charge in [-0.15, -0.1) is 0 Å². The van der Waals surface area contributed by atoms with Gasteiger partial charge in [-0.05, 0) is 54.6 Å². The van der Waals surface area contributed by atoms with Gasteiger partial charge in [0.2, 0.25) is 5.91 Å². The van der Waals surface area contributed by atoms with Crippen LogP contribution in [0, 0.1) is 35.5 Å². The Kier molecular flexibility index (Phi) is 4.16. The van der Waals surface area contributed by atoms with E-state index in [-0.39, 0.29) is 11.7 Å². The quantitative estimate of drug-likeness (QED) is 0.803. The Bertz CT molecular complexity index is 739. The molecule has 3 aliphatic carbocycles. The average molecular weight is 388 g/mol. The van der Waals surface area contributed by atoms with E-state index in [0.717, 1.165) is 51.6 Å². The largest absolute Gasteiger partial charge is 0.366 e. The maximum Gasteiger partial charge on any atom is 0.248 e. The molecule has 0 aromatic heterocycles. The first-order valence-corrected chi connectivity index (χ1v) is 11.8. The van der Waals surface area contributed by atoms with Gasteiger partial charge in [0, 0.05) is 39.1 Å². The van der Waals surface area contributed by atoms with Crippen molar-refractivity contribution < 1.29 is 9.59 Å². The maximum absolute atomic E-state index is 13.1. The van der Waals surface area contributed by atoms with Crippen LogP contribution >= 0.6 is 23.5 Å². The molecular weight excluding hydrogens is 362 g/mol. The van der Waals surface area contributed by atoms with Crippen molar-refractivity contribution in [3.8, 4) is 0 Å². The third kappa shape index (κ3) is 2.91. The molecule has 26 heavy (non-hydrogen) atoms. The summed E-state index contributed by atoms with van der Waals surface area (Å²) in [4.78, 5) is 24.3. The summed E-state index contributed by atoms with van der Waals surface area (Å²) >= 11 is 4.07. The van der Waals surface area contributed by atoms with E-state index in [0.29, 0.717) is 11.1 Å². The zero-order chi connectivity index (χ0) is 18.0. The Balaban J connectivity index is 1.29. The van der Waals surface area contributed by atoms with Crippen LogP contribution in [0.3, 0.4) is 0 Å². The second kappa shape index (κ2) is 6.30. The second-order valence-corrected chi connectivity index (χ2v) is 10.9. The number of primary amides is 1. The number of nitrogens with two attached hydrogens (primary N) is 1. The van der Waals surface area contributed by atoms with Gasteiger partial charge < -0.3 is 5.73 Å². The van der Waals surface area contributed by atoms with Crippen LogP contribution in [0.5, 0.6) is 0 Å². The lowest BCUT2D eigenvalue weighted by Gasteiger charge is -2.19. The third-order valence-corrected chi connectivity index (χ3v) is 10.4. The maximum atomic E-state index is 13.1. The lowest BCUT2D eigenvalue weighted by molar-refractivity contribution is 0.0942. The van der Waals surface area contributed by atoms with Crippen LogP contribution in [0.4, 0.5) is 0 Å². The first-order chi connectivity index (χ1) is 12.6. The van der Waals surface area contributed by atoms with Gasteiger partial charge in [0.05, 0.1) is 0 Å². The Labute approximate surface area is 163 Å². The molecule has 3 saturated carbocycles. The van der Waals surface area contributed by atoms with E-state index in [9.17, 15) is 9.59 Å². The molecule has 5 aliphatic rings. The number of hydrogen-bond donors (Lipinski definition) is 1. The lowest BCUT2D eigenvalue weighted by atomic mass is 9.99. The van der Waals surface area contributed by atoms with E-state index < -0.39 is 5.91 Å². The molecule has 5 fully saturated rings. The van der Waals surface area contributed by atoms with Gasteiger partial charge in [-0.3, -0.25) is 9.59 Å². The van der Waals surface area contributed by atoms with E-state index in [1.165, 1.54) is 12.8 Å². The van der Waals surface area contributed by atoms with Crippen LogP contribution < -0.4 is 5.73 Å². The number of benzene rings is 1. The zero-order valence-corrected chi connectivity index (χ0v) is 16.6. The summed E-state index contributed by atoms with van der Waals surface area (Å²) in [6.07, 6.45) is 2.86. The van der Waals surface area contributed by atoms with E-state index >= 15 is 0 Å². The number of ketones is 1. The Morgan fingerprint density at radius 1 is 0.923 bits per heavy atom. The fourth-order valence-electron chi connectivity index (χ4n) is 4.99. The molecule has 6 rings (SSSR count). The topological polar surface area (TPSA) is 60.2 Å². The Hall–Kier alpha value is -0.940. The van der Waals surface area contributed by atoms with Gasteiger partial charge in [0.25, 0.3) is 0 Å². The van der Waals surface area contributed by atoms with E-state index in [1.54, 1.807) is 24.3 Å². The predicted molar refractivity (Wildman–Crippen MR) is 108 cm³/mol. The summed E-state index contributed by atoms with van der Waals surface area (Å²) in [5, 5.41) is 1.60. The number of carbonyl (C=O) groups excluding carboxylic acids is 2. The van der Waals surface area contributed by atoms with Crippen LogP contribution in [-0.2, 0) is 0 Å². The zero-order valence-electron chi connectivity index (χ0n) is 15.0. The molecule has 2 heterocycles. The van der Waals surface area contributed by atoms with Crippen molar-refractivity contribution in [1.29, 1.82) is 0 Å². The fraction of sp³-hybridized carbons (Fsp3) is 0.619. The highest BCUT2D eigenvalue weighted by Gasteiger charge is 2.72. The molecule has 5 heteroatoms. The molecule has 8 atom stereocenters. The van der Waals surface area contributed by atoms with Crippen LogP contribution in [-0.4, -0.2) is 33.7 Å². The second-order valence-electron chi connectivity index (χ2n) is 8.52. The van der Waals surface area contributed by atoms with Gasteiger partial charge >= 0.3 is 0 Å². The molecule has 1 aromatic carbocycles. The molecule has 2 saturated heterocycles. The van der Waals surface area contributed by atoms with Crippen molar-refractivity contribution in [2.75, 3.05) is 11.5 Å². The number of thioether (sulfide) groups is 2. The molecule has 1 amide bonds. The Morgan fingerprint density at radius 2 is 1.50 bits per heavy atom. The molecule has 2 N–H and O–H groups in total.